The quantitative estimate of drug-likeness (QED) is 0.727. The van der Waals surface area contributed by atoms with Crippen molar-refractivity contribution >= 4 is 21.6 Å². The van der Waals surface area contributed by atoms with Crippen molar-refractivity contribution in [2.24, 2.45) is 0 Å². The number of benzene rings is 1. The van der Waals surface area contributed by atoms with Crippen LogP contribution in [-0.4, -0.2) is 45.1 Å². The van der Waals surface area contributed by atoms with Crippen LogP contribution >= 0.6 is 15.9 Å². The molecule has 0 atom stereocenters. The van der Waals surface area contributed by atoms with E-state index in [0.29, 0.717) is 13.2 Å². The van der Waals surface area contributed by atoms with Gasteiger partial charge in [0, 0.05) is 31.2 Å². The summed E-state index contributed by atoms with van der Waals surface area (Å²) in [6, 6.07) is 6.32. The van der Waals surface area contributed by atoms with Gasteiger partial charge in [0.2, 0.25) is 0 Å². The minimum Gasteiger partial charge on any atom is -0.395 e. The second kappa shape index (κ2) is 9.31. The highest BCUT2D eigenvalue weighted by atomic mass is 79.9. The molecular formula is C14H23BrN2O2. The molecule has 0 saturated carbocycles. The Morgan fingerprint density at radius 2 is 2.16 bits per heavy atom. The van der Waals surface area contributed by atoms with Crippen LogP contribution in [-0.2, 0) is 11.3 Å². The highest BCUT2D eigenvalue weighted by molar-refractivity contribution is 9.10. The van der Waals surface area contributed by atoms with E-state index in [1.165, 1.54) is 5.56 Å². The molecule has 0 heterocycles. The SMILES string of the molecule is CCNCc1ccc(N(CCO)CCOC)c(Br)c1. The van der Waals surface area contributed by atoms with Crippen molar-refractivity contribution in [1.82, 2.24) is 5.32 Å². The Hall–Kier alpha value is -0.620. The Morgan fingerprint density at radius 1 is 1.37 bits per heavy atom. The standard InChI is InChI=1S/C14H23BrN2O2/c1-3-16-11-12-4-5-14(13(15)10-12)17(6-8-18)7-9-19-2/h4-5,10,16,18H,3,6-9,11H2,1-2H3. The average molecular weight is 331 g/mol. The molecular weight excluding hydrogens is 308 g/mol. The van der Waals surface area contributed by atoms with Crippen LogP contribution in [0.3, 0.4) is 0 Å². The molecule has 0 aliphatic rings. The number of nitrogens with zero attached hydrogens (tertiary/aromatic N) is 1. The lowest BCUT2D eigenvalue weighted by atomic mass is 10.2. The van der Waals surface area contributed by atoms with Crippen molar-refractivity contribution in [3.63, 3.8) is 0 Å². The zero-order chi connectivity index (χ0) is 14.1. The van der Waals surface area contributed by atoms with Crippen molar-refractivity contribution < 1.29 is 9.84 Å². The molecule has 5 heteroatoms. The van der Waals surface area contributed by atoms with Gasteiger partial charge in [-0.15, -0.1) is 0 Å². The Balaban J connectivity index is 2.78. The maximum atomic E-state index is 9.15. The number of nitrogens with one attached hydrogen (secondary N) is 1. The van der Waals surface area contributed by atoms with Crippen LogP contribution in [0.5, 0.6) is 0 Å². The Morgan fingerprint density at radius 3 is 2.74 bits per heavy atom. The summed E-state index contributed by atoms with van der Waals surface area (Å²) in [5.74, 6) is 0. The molecule has 0 aliphatic carbocycles. The van der Waals surface area contributed by atoms with Gasteiger partial charge in [-0.3, -0.25) is 0 Å². The van der Waals surface area contributed by atoms with E-state index in [-0.39, 0.29) is 6.61 Å². The molecule has 1 rings (SSSR count). The van der Waals surface area contributed by atoms with Crippen LogP contribution in [0.2, 0.25) is 0 Å². The Kier molecular flexibility index (Phi) is 8.05. The maximum absolute atomic E-state index is 9.15. The van der Waals surface area contributed by atoms with Crippen molar-refractivity contribution in [2.75, 3.05) is 44.9 Å². The lowest BCUT2D eigenvalue weighted by Crippen LogP contribution is -2.30. The predicted molar refractivity (Wildman–Crippen MR) is 82.7 cm³/mol. The first kappa shape index (κ1) is 16.4. The van der Waals surface area contributed by atoms with Crippen LogP contribution < -0.4 is 10.2 Å². The molecule has 0 radical (unpaired) electrons. The van der Waals surface area contributed by atoms with Gasteiger partial charge in [0.25, 0.3) is 0 Å². The van der Waals surface area contributed by atoms with Gasteiger partial charge in [0.1, 0.15) is 0 Å². The third-order valence-electron chi connectivity index (χ3n) is 2.87. The molecule has 1 aromatic carbocycles. The fourth-order valence-corrected chi connectivity index (χ4v) is 2.54. The molecule has 0 aromatic heterocycles. The van der Waals surface area contributed by atoms with Crippen LogP contribution in [0.4, 0.5) is 5.69 Å². The first-order valence-electron chi connectivity index (χ1n) is 6.56. The average Bonchev–Trinajstić information content (AvgIpc) is 2.41. The van der Waals surface area contributed by atoms with Gasteiger partial charge in [-0.1, -0.05) is 13.0 Å². The van der Waals surface area contributed by atoms with Gasteiger partial charge in [0.15, 0.2) is 0 Å². The van der Waals surface area contributed by atoms with E-state index in [0.717, 1.165) is 29.8 Å². The summed E-state index contributed by atoms with van der Waals surface area (Å²) in [6.07, 6.45) is 0. The number of anilines is 1. The topological polar surface area (TPSA) is 44.7 Å². The molecule has 2 N–H and O–H groups in total. The van der Waals surface area contributed by atoms with Gasteiger partial charge in [-0.05, 0) is 40.2 Å². The van der Waals surface area contributed by atoms with E-state index in [4.69, 9.17) is 9.84 Å². The number of aliphatic hydroxyl groups is 1. The van der Waals surface area contributed by atoms with Crippen molar-refractivity contribution in [2.45, 2.75) is 13.5 Å². The third kappa shape index (κ3) is 5.48. The highest BCUT2D eigenvalue weighted by Crippen LogP contribution is 2.27. The van der Waals surface area contributed by atoms with E-state index in [2.05, 4.69) is 51.3 Å². The van der Waals surface area contributed by atoms with Crippen molar-refractivity contribution in [3.8, 4) is 0 Å². The van der Waals surface area contributed by atoms with E-state index in [1.807, 2.05) is 0 Å². The molecule has 0 saturated heterocycles. The predicted octanol–water partition coefficient (Wildman–Crippen LogP) is 2.00. The zero-order valence-corrected chi connectivity index (χ0v) is 13.2. The van der Waals surface area contributed by atoms with E-state index in [9.17, 15) is 0 Å². The minimum atomic E-state index is 0.134. The lowest BCUT2D eigenvalue weighted by Gasteiger charge is -2.25. The van der Waals surface area contributed by atoms with Gasteiger partial charge in [0.05, 0.1) is 18.9 Å². The normalized spacial score (nSPS) is 10.7. The van der Waals surface area contributed by atoms with Crippen molar-refractivity contribution in [1.29, 1.82) is 0 Å². The molecule has 0 spiro atoms. The first-order chi connectivity index (χ1) is 9.22. The van der Waals surface area contributed by atoms with E-state index >= 15 is 0 Å². The molecule has 0 unspecified atom stereocenters. The smallest absolute Gasteiger partial charge is 0.0637 e. The number of rotatable bonds is 9. The van der Waals surface area contributed by atoms with Gasteiger partial charge in [-0.25, -0.2) is 0 Å². The molecule has 0 fully saturated rings. The van der Waals surface area contributed by atoms with E-state index in [1.54, 1.807) is 7.11 Å². The summed E-state index contributed by atoms with van der Waals surface area (Å²) in [4.78, 5) is 2.12. The summed E-state index contributed by atoms with van der Waals surface area (Å²) in [7, 11) is 1.69. The Labute approximate surface area is 123 Å². The van der Waals surface area contributed by atoms with Gasteiger partial charge >= 0.3 is 0 Å². The van der Waals surface area contributed by atoms with Crippen molar-refractivity contribution in [3.05, 3.63) is 28.2 Å². The van der Waals surface area contributed by atoms with Gasteiger partial charge < -0.3 is 20.1 Å². The molecule has 4 nitrogen and oxygen atoms in total. The van der Waals surface area contributed by atoms with Crippen LogP contribution in [0, 0.1) is 0 Å². The monoisotopic (exact) mass is 330 g/mol. The molecule has 108 valence electrons. The summed E-state index contributed by atoms with van der Waals surface area (Å²) in [5, 5.41) is 12.5. The fraction of sp³-hybridized carbons (Fsp3) is 0.571. The number of hydrogen-bond acceptors (Lipinski definition) is 4. The summed E-state index contributed by atoms with van der Waals surface area (Å²) < 4.78 is 6.16. The minimum absolute atomic E-state index is 0.134. The molecule has 0 amide bonds. The summed E-state index contributed by atoms with van der Waals surface area (Å²) in [6.45, 7) is 6.08. The third-order valence-corrected chi connectivity index (χ3v) is 3.50. The summed E-state index contributed by atoms with van der Waals surface area (Å²) >= 11 is 3.61. The van der Waals surface area contributed by atoms with Gasteiger partial charge in [-0.2, -0.15) is 0 Å². The number of hydrogen-bond donors (Lipinski definition) is 2. The van der Waals surface area contributed by atoms with Crippen LogP contribution in [0.1, 0.15) is 12.5 Å². The number of methoxy groups -OCH3 is 1. The second-order valence-electron chi connectivity index (χ2n) is 4.27. The van der Waals surface area contributed by atoms with Crippen LogP contribution in [0.25, 0.3) is 0 Å². The first-order valence-corrected chi connectivity index (χ1v) is 7.36. The number of ether oxygens (including phenoxy) is 1. The molecule has 0 bridgehead atoms. The lowest BCUT2D eigenvalue weighted by molar-refractivity contribution is 0.203. The number of aliphatic hydroxyl groups excluding tert-OH is 1. The highest BCUT2D eigenvalue weighted by Gasteiger charge is 2.10. The van der Waals surface area contributed by atoms with E-state index < -0.39 is 0 Å². The molecule has 1 aromatic rings. The second-order valence-corrected chi connectivity index (χ2v) is 5.12. The maximum Gasteiger partial charge on any atom is 0.0637 e. The fourth-order valence-electron chi connectivity index (χ4n) is 1.86. The largest absolute Gasteiger partial charge is 0.395 e. The molecule has 19 heavy (non-hydrogen) atoms. The molecule has 0 aliphatic heterocycles. The Bertz CT molecular complexity index is 374. The summed E-state index contributed by atoms with van der Waals surface area (Å²) in [5.41, 5.74) is 2.33. The zero-order valence-electron chi connectivity index (χ0n) is 11.7. The number of halogens is 1. The van der Waals surface area contributed by atoms with Crippen LogP contribution in [0.15, 0.2) is 22.7 Å².